The van der Waals surface area contributed by atoms with Crippen LogP contribution >= 0.6 is 27.5 Å². The number of benzene rings is 2. The lowest BCUT2D eigenvalue weighted by Crippen LogP contribution is -2.32. The molecule has 22 heavy (non-hydrogen) atoms. The summed E-state index contributed by atoms with van der Waals surface area (Å²) in [5, 5.41) is 3.55. The second-order valence-electron chi connectivity index (χ2n) is 4.89. The molecule has 2 rings (SSSR count). The minimum Gasteiger partial charge on any atom is -0.481 e. The lowest BCUT2D eigenvalue weighted by molar-refractivity contribution is -0.122. The number of anilines is 1. The first-order valence-electron chi connectivity index (χ1n) is 6.99. The Balaban J connectivity index is 2.09. The number of aryl methyl sites for hydroxylation is 1. The van der Waals surface area contributed by atoms with Crippen LogP contribution in [0.5, 0.6) is 5.75 Å². The molecule has 0 radical (unpaired) electrons. The van der Waals surface area contributed by atoms with E-state index in [0.29, 0.717) is 17.2 Å². The summed E-state index contributed by atoms with van der Waals surface area (Å²) in [4.78, 5) is 12.4. The molecule has 1 N–H and O–H groups in total. The molecule has 0 bridgehead atoms. The topological polar surface area (TPSA) is 38.3 Å². The largest absolute Gasteiger partial charge is 0.481 e. The van der Waals surface area contributed by atoms with Gasteiger partial charge in [0.2, 0.25) is 0 Å². The zero-order valence-corrected chi connectivity index (χ0v) is 14.7. The second kappa shape index (κ2) is 7.65. The third-order valence-electron chi connectivity index (χ3n) is 3.20. The van der Waals surface area contributed by atoms with Crippen LogP contribution in [0.3, 0.4) is 0 Å². The minimum absolute atomic E-state index is 0.179. The van der Waals surface area contributed by atoms with E-state index >= 15 is 0 Å². The van der Waals surface area contributed by atoms with E-state index in [-0.39, 0.29) is 5.91 Å². The second-order valence-corrected chi connectivity index (χ2v) is 6.16. The van der Waals surface area contributed by atoms with Crippen LogP contribution in [0.2, 0.25) is 5.02 Å². The van der Waals surface area contributed by atoms with E-state index < -0.39 is 6.10 Å². The van der Waals surface area contributed by atoms with Gasteiger partial charge in [0.1, 0.15) is 5.75 Å². The molecule has 1 atom stereocenters. The van der Waals surface area contributed by atoms with Gasteiger partial charge < -0.3 is 10.1 Å². The molecule has 0 heterocycles. The lowest BCUT2D eigenvalue weighted by Gasteiger charge is -2.18. The Morgan fingerprint density at radius 1 is 1.32 bits per heavy atom. The van der Waals surface area contributed by atoms with Crippen molar-refractivity contribution in [2.75, 3.05) is 5.32 Å². The van der Waals surface area contributed by atoms with E-state index in [1.807, 2.05) is 44.2 Å². The van der Waals surface area contributed by atoms with Crippen molar-refractivity contribution in [3.8, 4) is 5.75 Å². The van der Waals surface area contributed by atoms with Gasteiger partial charge in [-0.2, -0.15) is 0 Å². The van der Waals surface area contributed by atoms with Gasteiger partial charge >= 0.3 is 0 Å². The first kappa shape index (κ1) is 16.8. The zero-order chi connectivity index (χ0) is 16.1. The van der Waals surface area contributed by atoms with Crippen LogP contribution < -0.4 is 10.1 Å². The van der Waals surface area contributed by atoms with Crippen LogP contribution in [0.25, 0.3) is 0 Å². The first-order chi connectivity index (χ1) is 10.5. The lowest BCUT2D eigenvalue weighted by atomic mass is 10.2. The predicted octanol–water partition coefficient (Wildman–Crippen LogP) is 5.21. The third kappa shape index (κ3) is 4.24. The SMILES string of the molecule is CCC(Oc1ccc(Cl)c(C)c1)C(=O)Nc1ccccc1Br. The molecule has 0 saturated carbocycles. The van der Waals surface area contributed by atoms with Crippen LogP contribution in [0, 0.1) is 6.92 Å². The molecule has 1 amide bonds. The summed E-state index contributed by atoms with van der Waals surface area (Å²) in [5.74, 6) is 0.457. The quantitative estimate of drug-likeness (QED) is 0.771. The zero-order valence-electron chi connectivity index (χ0n) is 12.4. The summed E-state index contributed by atoms with van der Waals surface area (Å²) in [6.45, 7) is 3.81. The number of halogens is 2. The van der Waals surface area contributed by atoms with Crippen molar-refractivity contribution in [2.45, 2.75) is 26.4 Å². The molecular formula is C17H17BrClNO2. The smallest absolute Gasteiger partial charge is 0.265 e. The van der Waals surface area contributed by atoms with Gasteiger partial charge in [0.25, 0.3) is 5.91 Å². The average Bonchev–Trinajstić information content (AvgIpc) is 2.50. The Kier molecular flexibility index (Phi) is 5.86. The highest BCUT2D eigenvalue weighted by Gasteiger charge is 2.19. The molecule has 0 fully saturated rings. The molecule has 0 aliphatic heterocycles. The molecule has 5 heteroatoms. The van der Waals surface area contributed by atoms with Gasteiger partial charge in [-0.1, -0.05) is 30.7 Å². The molecule has 3 nitrogen and oxygen atoms in total. The van der Waals surface area contributed by atoms with E-state index in [4.69, 9.17) is 16.3 Å². The summed E-state index contributed by atoms with van der Waals surface area (Å²) in [6, 6.07) is 12.8. The summed E-state index contributed by atoms with van der Waals surface area (Å²) >= 11 is 9.41. The Bertz CT molecular complexity index is 675. The number of carbonyl (C=O) groups is 1. The fraction of sp³-hybridized carbons (Fsp3) is 0.235. The van der Waals surface area contributed by atoms with Gasteiger partial charge in [-0.25, -0.2) is 0 Å². The summed E-state index contributed by atoms with van der Waals surface area (Å²) in [7, 11) is 0. The number of amides is 1. The van der Waals surface area contributed by atoms with E-state index in [0.717, 1.165) is 15.7 Å². The molecule has 2 aromatic carbocycles. The van der Waals surface area contributed by atoms with Crippen molar-refractivity contribution in [1.82, 2.24) is 0 Å². The molecule has 0 aliphatic rings. The average molecular weight is 383 g/mol. The number of nitrogens with one attached hydrogen (secondary N) is 1. The molecule has 1 unspecified atom stereocenters. The minimum atomic E-state index is -0.562. The van der Waals surface area contributed by atoms with Gasteiger partial charge in [0.15, 0.2) is 6.10 Å². The Hall–Kier alpha value is -1.52. The van der Waals surface area contributed by atoms with Gasteiger partial charge in [0, 0.05) is 9.50 Å². The van der Waals surface area contributed by atoms with Gasteiger partial charge in [-0.3, -0.25) is 4.79 Å². The Morgan fingerprint density at radius 3 is 2.68 bits per heavy atom. The van der Waals surface area contributed by atoms with E-state index in [1.165, 1.54) is 0 Å². The molecule has 0 saturated heterocycles. The monoisotopic (exact) mass is 381 g/mol. The third-order valence-corrected chi connectivity index (χ3v) is 4.32. The van der Waals surface area contributed by atoms with Gasteiger partial charge in [-0.05, 0) is 65.2 Å². The summed E-state index contributed by atoms with van der Waals surface area (Å²) in [6.07, 6.45) is 0.00509. The molecule has 0 spiro atoms. The molecule has 2 aromatic rings. The predicted molar refractivity (Wildman–Crippen MR) is 93.7 cm³/mol. The molecule has 0 aromatic heterocycles. The van der Waals surface area contributed by atoms with Crippen molar-refractivity contribution in [3.05, 3.63) is 57.5 Å². The van der Waals surface area contributed by atoms with E-state index in [9.17, 15) is 4.79 Å². The number of rotatable bonds is 5. The maximum atomic E-state index is 12.4. The molecule has 0 aliphatic carbocycles. The van der Waals surface area contributed by atoms with Crippen molar-refractivity contribution >= 4 is 39.1 Å². The van der Waals surface area contributed by atoms with Gasteiger partial charge in [0.05, 0.1) is 5.69 Å². The van der Waals surface area contributed by atoms with Crippen molar-refractivity contribution in [1.29, 1.82) is 0 Å². The first-order valence-corrected chi connectivity index (χ1v) is 8.16. The number of hydrogen-bond acceptors (Lipinski definition) is 2. The van der Waals surface area contributed by atoms with Crippen molar-refractivity contribution < 1.29 is 9.53 Å². The highest BCUT2D eigenvalue weighted by molar-refractivity contribution is 9.10. The van der Waals surface area contributed by atoms with Crippen LogP contribution in [-0.2, 0) is 4.79 Å². The maximum absolute atomic E-state index is 12.4. The van der Waals surface area contributed by atoms with Crippen LogP contribution in [-0.4, -0.2) is 12.0 Å². The number of para-hydroxylation sites is 1. The fourth-order valence-corrected chi connectivity index (χ4v) is 2.45. The van der Waals surface area contributed by atoms with Crippen LogP contribution in [0.4, 0.5) is 5.69 Å². The normalized spacial score (nSPS) is 11.8. The van der Waals surface area contributed by atoms with E-state index in [2.05, 4.69) is 21.2 Å². The standard InChI is InChI=1S/C17H17BrClNO2/c1-3-16(22-12-8-9-14(19)11(2)10-12)17(21)20-15-7-5-4-6-13(15)18/h4-10,16H,3H2,1-2H3,(H,20,21). The molecule has 116 valence electrons. The maximum Gasteiger partial charge on any atom is 0.265 e. The number of hydrogen-bond donors (Lipinski definition) is 1. The Labute approximate surface area is 143 Å². The van der Waals surface area contributed by atoms with Gasteiger partial charge in [-0.15, -0.1) is 0 Å². The highest BCUT2D eigenvalue weighted by Crippen LogP contribution is 2.24. The fourth-order valence-electron chi connectivity index (χ4n) is 1.95. The summed E-state index contributed by atoms with van der Waals surface area (Å²) < 4.78 is 6.62. The molecular weight excluding hydrogens is 366 g/mol. The van der Waals surface area contributed by atoms with E-state index in [1.54, 1.807) is 12.1 Å². The van der Waals surface area contributed by atoms with Crippen molar-refractivity contribution in [2.24, 2.45) is 0 Å². The number of carbonyl (C=O) groups excluding carboxylic acids is 1. The Morgan fingerprint density at radius 2 is 2.05 bits per heavy atom. The van der Waals surface area contributed by atoms with Crippen LogP contribution in [0.1, 0.15) is 18.9 Å². The van der Waals surface area contributed by atoms with Crippen LogP contribution in [0.15, 0.2) is 46.9 Å². The number of ether oxygens (including phenoxy) is 1. The summed E-state index contributed by atoms with van der Waals surface area (Å²) in [5.41, 5.74) is 1.64. The van der Waals surface area contributed by atoms with Crippen molar-refractivity contribution in [3.63, 3.8) is 0 Å². The highest BCUT2D eigenvalue weighted by atomic mass is 79.9.